The van der Waals surface area contributed by atoms with Crippen LogP contribution in [0.25, 0.3) is 0 Å². The molecule has 2 aromatic rings. The molecule has 196 valence electrons. The van der Waals surface area contributed by atoms with E-state index in [0.29, 0.717) is 37.4 Å². The summed E-state index contributed by atoms with van der Waals surface area (Å²) in [7, 11) is -3.59. The highest BCUT2D eigenvalue weighted by atomic mass is 32.2. The van der Waals surface area contributed by atoms with Crippen LogP contribution in [0.5, 0.6) is 0 Å². The van der Waals surface area contributed by atoms with Gasteiger partial charge in [0.25, 0.3) is 0 Å². The number of ether oxygens (including phenoxy) is 1. The van der Waals surface area contributed by atoms with Gasteiger partial charge in [-0.05, 0) is 24.6 Å². The van der Waals surface area contributed by atoms with Gasteiger partial charge in [0.05, 0.1) is 23.1 Å². The maximum Gasteiger partial charge on any atom is 0.338 e. The van der Waals surface area contributed by atoms with Crippen LogP contribution in [0.3, 0.4) is 0 Å². The van der Waals surface area contributed by atoms with Gasteiger partial charge in [-0.3, -0.25) is 9.80 Å². The molecule has 1 saturated heterocycles. The first-order valence-corrected chi connectivity index (χ1v) is 13.7. The Morgan fingerprint density at radius 1 is 1.05 bits per heavy atom. The van der Waals surface area contributed by atoms with Crippen LogP contribution in [-0.4, -0.2) is 80.4 Å². The fourth-order valence-corrected chi connectivity index (χ4v) is 6.07. The van der Waals surface area contributed by atoms with Crippen LogP contribution < -0.4 is 5.32 Å². The van der Waals surface area contributed by atoms with Gasteiger partial charge in [0, 0.05) is 45.0 Å². The highest BCUT2D eigenvalue weighted by molar-refractivity contribution is 7.89. The number of nitrogens with one attached hydrogen (secondary N) is 1. The number of amides is 2. The van der Waals surface area contributed by atoms with E-state index in [4.69, 9.17) is 4.74 Å². The van der Waals surface area contributed by atoms with Crippen LogP contribution in [0.2, 0.25) is 0 Å². The number of hydrogen-bond acceptors (Lipinski definition) is 6. The topological polar surface area (TPSA) is 99.3 Å². The molecule has 0 bridgehead atoms. The van der Waals surface area contributed by atoms with Crippen molar-refractivity contribution in [3.63, 3.8) is 0 Å². The molecular weight excluding hydrogens is 492 g/mol. The summed E-state index contributed by atoms with van der Waals surface area (Å²) >= 11 is 0. The quantitative estimate of drug-likeness (QED) is 0.400. The fourth-order valence-electron chi connectivity index (χ4n) is 4.62. The number of rotatable bonds is 9. The molecule has 2 aliphatic rings. The molecule has 1 fully saturated rings. The summed E-state index contributed by atoms with van der Waals surface area (Å²) in [5.74, 6) is -0.495. The lowest BCUT2D eigenvalue weighted by atomic mass is 9.94. The Morgan fingerprint density at radius 2 is 1.68 bits per heavy atom. The molecule has 1 unspecified atom stereocenters. The number of carbonyl (C=O) groups excluding carboxylic acids is 2. The molecule has 2 amide bonds. The molecule has 37 heavy (non-hydrogen) atoms. The molecular formula is C27H32N4O5S. The second kappa shape index (κ2) is 11.7. The first kappa shape index (κ1) is 26.6. The number of piperazine rings is 1. The Bertz CT molecular complexity index is 1260. The number of sulfonamides is 1. The van der Waals surface area contributed by atoms with Crippen molar-refractivity contribution < 1.29 is 22.7 Å². The van der Waals surface area contributed by atoms with E-state index in [2.05, 4.69) is 16.8 Å². The van der Waals surface area contributed by atoms with Gasteiger partial charge in [-0.1, -0.05) is 54.6 Å². The zero-order chi connectivity index (χ0) is 26.4. The lowest BCUT2D eigenvalue weighted by Gasteiger charge is -2.40. The van der Waals surface area contributed by atoms with Crippen LogP contribution in [0.1, 0.15) is 18.5 Å². The Morgan fingerprint density at radius 3 is 2.27 bits per heavy atom. The molecule has 0 radical (unpaired) electrons. The van der Waals surface area contributed by atoms with Gasteiger partial charge < -0.3 is 10.1 Å². The fraction of sp³-hybridized carbons (Fsp3) is 0.333. The lowest BCUT2D eigenvalue weighted by Crippen LogP contribution is -2.53. The van der Waals surface area contributed by atoms with E-state index in [1.54, 1.807) is 43.3 Å². The van der Waals surface area contributed by atoms with Gasteiger partial charge in [0.2, 0.25) is 10.0 Å². The summed E-state index contributed by atoms with van der Waals surface area (Å²) in [5, 5.41) is 2.94. The van der Waals surface area contributed by atoms with Crippen LogP contribution >= 0.6 is 0 Å². The molecule has 4 rings (SSSR count). The third-order valence-corrected chi connectivity index (χ3v) is 8.38. The molecule has 0 saturated carbocycles. The van der Waals surface area contributed by atoms with Gasteiger partial charge in [0.15, 0.2) is 0 Å². The van der Waals surface area contributed by atoms with E-state index in [-0.39, 0.29) is 30.6 Å². The smallest absolute Gasteiger partial charge is 0.338 e. The molecule has 0 spiro atoms. The van der Waals surface area contributed by atoms with E-state index in [1.807, 2.05) is 30.3 Å². The van der Waals surface area contributed by atoms with Gasteiger partial charge >= 0.3 is 12.0 Å². The number of esters is 1. The van der Waals surface area contributed by atoms with Crippen LogP contribution in [0.15, 0.2) is 89.5 Å². The SMILES string of the molecule is C=CCN1C(=O)NC(c2ccccc2)C(C(=O)OCC)=C1CN1CCN(S(=O)(=O)c2ccccc2)CC1. The number of nitrogens with zero attached hydrogens (tertiary/aromatic N) is 3. The van der Waals surface area contributed by atoms with E-state index in [9.17, 15) is 18.0 Å². The molecule has 2 heterocycles. The highest BCUT2D eigenvalue weighted by Gasteiger charge is 2.39. The van der Waals surface area contributed by atoms with Gasteiger partial charge in [0.1, 0.15) is 0 Å². The number of hydrogen-bond donors (Lipinski definition) is 1. The van der Waals surface area contributed by atoms with Gasteiger partial charge in [-0.25, -0.2) is 18.0 Å². The van der Waals surface area contributed by atoms with Crippen molar-refractivity contribution in [2.45, 2.75) is 17.9 Å². The molecule has 1 atom stereocenters. The van der Waals surface area contributed by atoms with Crippen molar-refractivity contribution in [2.75, 3.05) is 45.9 Å². The van der Waals surface area contributed by atoms with Crippen LogP contribution in [-0.2, 0) is 19.6 Å². The molecule has 0 aliphatic carbocycles. The Labute approximate surface area is 218 Å². The number of benzene rings is 2. The molecule has 1 N–H and O–H groups in total. The molecule has 0 aromatic heterocycles. The second-order valence-electron chi connectivity index (χ2n) is 8.77. The average Bonchev–Trinajstić information content (AvgIpc) is 2.92. The third kappa shape index (κ3) is 5.76. The standard InChI is InChI=1S/C27H32N4O5S/c1-3-15-31-23(20-29-16-18-30(19-17-29)37(34,35)22-13-9-6-10-14-22)24(26(32)36-4-2)25(28-27(31)33)21-11-7-5-8-12-21/h3,5-14,25H,1,4,15-20H2,2H3,(H,28,33). The highest BCUT2D eigenvalue weighted by Crippen LogP contribution is 2.32. The maximum absolute atomic E-state index is 13.2. The van der Waals surface area contributed by atoms with Crippen molar-refractivity contribution in [1.29, 1.82) is 0 Å². The summed E-state index contributed by atoms with van der Waals surface area (Å²) in [5.41, 5.74) is 1.68. The zero-order valence-corrected chi connectivity index (χ0v) is 21.7. The average molecular weight is 525 g/mol. The summed E-state index contributed by atoms with van der Waals surface area (Å²) in [4.78, 5) is 30.2. The van der Waals surface area contributed by atoms with Crippen LogP contribution in [0, 0.1) is 0 Å². The first-order chi connectivity index (χ1) is 17.9. The van der Waals surface area contributed by atoms with E-state index in [1.165, 1.54) is 9.21 Å². The molecule has 2 aliphatic heterocycles. The molecule has 9 nitrogen and oxygen atoms in total. The van der Waals surface area contributed by atoms with Crippen molar-refractivity contribution in [3.8, 4) is 0 Å². The first-order valence-electron chi connectivity index (χ1n) is 12.3. The molecule has 2 aromatic carbocycles. The summed E-state index contributed by atoms with van der Waals surface area (Å²) in [6.07, 6.45) is 1.61. The predicted molar refractivity (Wildman–Crippen MR) is 140 cm³/mol. The summed E-state index contributed by atoms with van der Waals surface area (Å²) in [6, 6.07) is 16.7. The van der Waals surface area contributed by atoms with Gasteiger partial charge in [-0.15, -0.1) is 6.58 Å². The monoisotopic (exact) mass is 524 g/mol. The normalized spacial score (nSPS) is 19.4. The van der Waals surface area contributed by atoms with Crippen LogP contribution in [0.4, 0.5) is 4.79 Å². The van der Waals surface area contributed by atoms with Crippen molar-refractivity contribution in [1.82, 2.24) is 19.4 Å². The molecule has 10 heteroatoms. The predicted octanol–water partition coefficient (Wildman–Crippen LogP) is 2.76. The number of carbonyl (C=O) groups is 2. The lowest BCUT2D eigenvalue weighted by molar-refractivity contribution is -0.139. The summed E-state index contributed by atoms with van der Waals surface area (Å²) < 4.78 is 33.0. The minimum Gasteiger partial charge on any atom is -0.463 e. The van der Waals surface area contributed by atoms with Crippen molar-refractivity contribution in [2.24, 2.45) is 0 Å². The number of urea groups is 1. The van der Waals surface area contributed by atoms with E-state index in [0.717, 1.165) is 5.56 Å². The second-order valence-corrected chi connectivity index (χ2v) is 10.7. The maximum atomic E-state index is 13.2. The third-order valence-electron chi connectivity index (χ3n) is 6.46. The minimum atomic E-state index is -3.59. The summed E-state index contributed by atoms with van der Waals surface area (Å²) in [6.45, 7) is 7.72. The van der Waals surface area contributed by atoms with Crippen molar-refractivity contribution in [3.05, 3.63) is 90.2 Å². The minimum absolute atomic E-state index is 0.197. The Kier molecular flexibility index (Phi) is 8.42. The Hall–Kier alpha value is -3.47. The van der Waals surface area contributed by atoms with Crippen molar-refractivity contribution >= 4 is 22.0 Å². The van der Waals surface area contributed by atoms with E-state index < -0.39 is 22.0 Å². The zero-order valence-electron chi connectivity index (χ0n) is 20.9. The largest absolute Gasteiger partial charge is 0.463 e. The van der Waals surface area contributed by atoms with E-state index >= 15 is 0 Å². The van der Waals surface area contributed by atoms with Gasteiger partial charge in [-0.2, -0.15) is 4.31 Å². The Balaban J connectivity index is 1.63.